The van der Waals surface area contributed by atoms with Crippen LogP contribution in [0.1, 0.15) is 35.7 Å². The first-order valence-electron chi connectivity index (χ1n) is 6.40. The van der Waals surface area contributed by atoms with Gasteiger partial charge in [-0.1, -0.05) is 0 Å². The number of carbonyl (C=O) groups is 2. The molecule has 2 rings (SSSR count). The number of benzene rings is 1. The van der Waals surface area contributed by atoms with Crippen LogP contribution in [-0.2, 0) is 0 Å². The second-order valence-electron chi connectivity index (χ2n) is 4.95. The van der Waals surface area contributed by atoms with E-state index in [1.54, 1.807) is 19.1 Å². The Balaban J connectivity index is 2.11. The van der Waals surface area contributed by atoms with Crippen molar-refractivity contribution in [3.8, 4) is 0 Å². The molecule has 1 aromatic carbocycles. The molecule has 1 atom stereocenters. The van der Waals surface area contributed by atoms with E-state index in [1.807, 2.05) is 11.8 Å². The Morgan fingerprint density at radius 2 is 2.16 bits per heavy atom. The first-order chi connectivity index (χ1) is 8.99. The minimum Gasteiger partial charge on any atom is -0.478 e. The number of nitrogens with one attached hydrogen (secondary N) is 1. The maximum atomic E-state index is 12.1. The molecule has 0 saturated carbocycles. The predicted octanol–water partition coefficient (Wildman–Crippen LogP) is 2.71. The molecule has 0 spiro atoms. The number of aromatic carboxylic acids is 1. The number of urea groups is 1. The molecular weight excluding hydrogens is 244 g/mol. The van der Waals surface area contributed by atoms with Crippen molar-refractivity contribution in [2.45, 2.75) is 32.7 Å². The standard InChI is InChI=1S/C14H18N2O3/c1-9-8-11(13(17)18)5-6-12(9)15-14(19)16-7-3-4-10(16)2/h5-6,8,10H,3-4,7H2,1-2H3,(H,15,19)(H,17,18). The molecule has 5 nitrogen and oxygen atoms in total. The molecule has 1 unspecified atom stereocenters. The van der Waals surface area contributed by atoms with Crippen molar-refractivity contribution >= 4 is 17.7 Å². The fourth-order valence-electron chi connectivity index (χ4n) is 2.36. The molecule has 0 aliphatic carbocycles. The SMILES string of the molecule is Cc1cc(C(=O)O)ccc1NC(=O)N1CCCC1C. The van der Waals surface area contributed by atoms with E-state index in [2.05, 4.69) is 5.32 Å². The predicted molar refractivity (Wildman–Crippen MR) is 72.6 cm³/mol. The molecule has 1 heterocycles. The molecule has 1 aromatic rings. The minimum absolute atomic E-state index is 0.115. The van der Waals surface area contributed by atoms with Gasteiger partial charge < -0.3 is 15.3 Å². The number of carboxylic acid groups (broad SMARTS) is 1. The van der Waals surface area contributed by atoms with Gasteiger partial charge in [-0.3, -0.25) is 0 Å². The average Bonchev–Trinajstić information content (AvgIpc) is 2.77. The topological polar surface area (TPSA) is 69.6 Å². The summed E-state index contributed by atoms with van der Waals surface area (Å²) in [6.07, 6.45) is 2.07. The third-order valence-corrected chi connectivity index (χ3v) is 3.53. The number of amides is 2. The summed E-state index contributed by atoms with van der Waals surface area (Å²) in [7, 11) is 0. The zero-order valence-corrected chi connectivity index (χ0v) is 11.1. The van der Waals surface area contributed by atoms with Crippen molar-refractivity contribution in [2.24, 2.45) is 0 Å². The van der Waals surface area contributed by atoms with E-state index in [0.29, 0.717) is 5.69 Å². The average molecular weight is 262 g/mol. The van der Waals surface area contributed by atoms with Crippen LogP contribution in [0.3, 0.4) is 0 Å². The summed E-state index contributed by atoms with van der Waals surface area (Å²) in [4.78, 5) is 24.7. The number of carbonyl (C=O) groups excluding carboxylic acids is 1. The van der Waals surface area contributed by atoms with E-state index < -0.39 is 5.97 Å². The van der Waals surface area contributed by atoms with Gasteiger partial charge >= 0.3 is 12.0 Å². The number of rotatable bonds is 2. The van der Waals surface area contributed by atoms with Crippen LogP contribution in [0.15, 0.2) is 18.2 Å². The molecular formula is C14H18N2O3. The molecule has 0 aromatic heterocycles. The van der Waals surface area contributed by atoms with E-state index >= 15 is 0 Å². The lowest BCUT2D eigenvalue weighted by molar-refractivity contribution is 0.0697. The van der Waals surface area contributed by atoms with Crippen molar-refractivity contribution in [3.63, 3.8) is 0 Å². The maximum Gasteiger partial charge on any atom is 0.335 e. The fourth-order valence-corrected chi connectivity index (χ4v) is 2.36. The summed E-state index contributed by atoms with van der Waals surface area (Å²) in [6.45, 7) is 4.60. The van der Waals surface area contributed by atoms with Crippen LogP contribution < -0.4 is 5.32 Å². The van der Waals surface area contributed by atoms with Gasteiger partial charge in [-0.2, -0.15) is 0 Å². The number of anilines is 1. The van der Waals surface area contributed by atoms with Crippen LogP contribution in [0.25, 0.3) is 0 Å². The monoisotopic (exact) mass is 262 g/mol. The normalized spacial score (nSPS) is 18.4. The van der Waals surface area contributed by atoms with Crippen LogP contribution >= 0.6 is 0 Å². The van der Waals surface area contributed by atoms with Crippen LogP contribution in [-0.4, -0.2) is 34.6 Å². The van der Waals surface area contributed by atoms with Crippen LogP contribution in [0.2, 0.25) is 0 Å². The van der Waals surface area contributed by atoms with E-state index in [1.165, 1.54) is 6.07 Å². The molecule has 2 amide bonds. The first kappa shape index (κ1) is 13.4. The van der Waals surface area contributed by atoms with Crippen LogP contribution in [0, 0.1) is 6.92 Å². The molecule has 1 aliphatic rings. The van der Waals surface area contributed by atoms with Gasteiger partial charge in [0.25, 0.3) is 0 Å². The highest BCUT2D eigenvalue weighted by atomic mass is 16.4. The first-order valence-corrected chi connectivity index (χ1v) is 6.40. The van der Waals surface area contributed by atoms with Gasteiger partial charge in [0.1, 0.15) is 0 Å². The van der Waals surface area contributed by atoms with Gasteiger partial charge in [-0.05, 0) is 50.5 Å². The molecule has 102 valence electrons. The highest BCUT2D eigenvalue weighted by Gasteiger charge is 2.25. The molecule has 2 N–H and O–H groups in total. The van der Waals surface area contributed by atoms with Gasteiger partial charge in [-0.25, -0.2) is 9.59 Å². The number of hydrogen-bond donors (Lipinski definition) is 2. The highest BCUT2D eigenvalue weighted by Crippen LogP contribution is 2.21. The lowest BCUT2D eigenvalue weighted by Gasteiger charge is -2.22. The van der Waals surface area contributed by atoms with E-state index in [4.69, 9.17) is 5.11 Å². The lowest BCUT2D eigenvalue weighted by atomic mass is 10.1. The quantitative estimate of drug-likeness (QED) is 0.861. The third kappa shape index (κ3) is 2.86. The molecule has 5 heteroatoms. The van der Waals surface area contributed by atoms with E-state index in [9.17, 15) is 9.59 Å². The Morgan fingerprint density at radius 3 is 2.68 bits per heavy atom. The summed E-state index contributed by atoms with van der Waals surface area (Å²) in [5.74, 6) is -0.964. The van der Waals surface area contributed by atoms with Crippen molar-refractivity contribution in [2.75, 3.05) is 11.9 Å². The number of likely N-dealkylation sites (tertiary alicyclic amines) is 1. The Bertz CT molecular complexity index is 513. The Labute approximate surface area is 112 Å². The number of hydrogen-bond acceptors (Lipinski definition) is 2. The second-order valence-corrected chi connectivity index (χ2v) is 4.95. The second kappa shape index (κ2) is 5.30. The Morgan fingerprint density at radius 1 is 1.42 bits per heavy atom. The van der Waals surface area contributed by atoms with Crippen molar-refractivity contribution in [1.29, 1.82) is 0 Å². The summed E-state index contributed by atoms with van der Waals surface area (Å²) in [5, 5.41) is 11.7. The zero-order chi connectivity index (χ0) is 14.0. The van der Waals surface area contributed by atoms with E-state index in [-0.39, 0.29) is 17.6 Å². The third-order valence-electron chi connectivity index (χ3n) is 3.53. The van der Waals surface area contributed by atoms with Crippen molar-refractivity contribution < 1.29 is 14.7 Å². The summed E-state index contributed by atoms with van der Waals surface area (Å²) < 4.78 is 0. The lowest BCUT2D eigenvalue weighted by Crippen LogP contribution is -2.37. The largest absolute Gasteiger partial charge is 0.478 e. The Kier molecular flexibility index (Phi) is 3.74. The van der Waals surface area contributed by atoms with E-state index in [0.717, 1.165) is 24.9 Å². The molecule has 1 fully saturated rings. The van der Waals surface area contributed by atoms with Crippen LogP contribution in [0.4, 0.5) is 10.5 Å². The Hall–Kier alpha value is -2.04. The highest BCUT2D eigenvalue weighted by molar-refractivity contribution is 5.92. The summed E-state index contributed by atoms with van der Waals surface area (Å²) >= 11 is 0. The van der Waals surface area contributed by atoms with Gasteiger partial charge in [0.2, 0.25) is 0 Å². The van der Waals surface area contributed by atoms with Crippen molar-refractivity contribution in [1.82, 2.24) is 4.90 Å². The van der Waals surface area contributed by atoms with Crippen LogP contribution in [0.5, 0.6) is 0 Å². The molecule has 19 heavy (non-hydrogen) atoms. The number of nitrogens with zero attached hydrogens (tertiary/aromatic N) is 1. The molecule has 0 radical (unpaired) electrons. The summed E-state index contributed by atoms with van der Waals surface area (Å²) in [5.41, 5.74) is 1.64. The van der Waals surface area contributed by atoms with Gasteiger partial charge in [-0.15, -0.1) is 0 Å². The molecule has 0 bridgehead atoms. The van der Waals surface area contributed by atoms with Gasteiger partial charge in [0.15, 0.2) is 0 Å². The molecule has 1 saturated heterocycles. The zero-order valence-electron chi connectivity index (χ0n) is 11.1. The molecule has 1 aliphatic heterocycles. The minimum atomic E-state index is -0.964. The smallest absolute Gasteiger partial charge is 0.335 e. The van der Waals surface area contributed by atoms with Gasteiger partial charge in [0.05, 0.1) is 5.56 Å². The maximum absolute atomic E-state index is 12.1. The fraction of sp³-hybridized carbons (Fsp3) is 0.429. The number of aryl methyl sites for hydroxylation is 1. The van der Waals surface area contributed by atoms with Crippen molar-refractivity contribution in [3.05, 3.63) is 29.3 Å². The summed E-state index contributed by atoms with van der Waals surface area (Å²) in [6, 6.07) is 4.84. The number of carboxylic acids is 1. The van der Waals surface area contributed by atoms with Gasteiger partial charge in [0, 0.05) is 18.3 Å².